The highest BCUT2D eigenvalue weighted by Gasteiger charge is 2.12. The first-order valence-corrected chi connectivity index (χ1v) is 12.4. The predicted octanol–water partition coefficient (Wildman–Crippen LogP) is 6.82. The van der Waals surface area contributed by atoms with Gasteiger partial charge in [-0.05, 0) is 49.7 Å². The van der Waals surface area contributed by atoms with Gasteiger partial charge in [-0.2, -0.15) is 0 Å². The standard InChI is InChI=1S/C23H34Cl2N2O2S/c24-18-14-15-21(20(25)17-18)29-16-10-13-22(28)27-23(30)26-19-11-8-6-4-2-1-3-5-7-9-12-19/h14-15,17,19H,1-13,16H2,(H2,26,27,28,30). The van der Waals surface area contributed by atoms with E-state index in [1.54, 1.807) is 18.2 Å². The summed E-state index contributed by atoms with van der Waals surface area (Å²) >= 11 is 17.3. The zero-order valence-electron chi connectivity index (χ0n) is 17.7. The van der Waals surface area contributed by atoms with Crippen LogP contribution in [-0.2, 0) is 4.79 Å². The highest BCUT2D eigenvalue weighted by atomic mass is 35.5. The molecule has 2 rings (SSSR count). The highest BCUT2D eigenvalue weighted by molar-refractivity contribution is 7.80. The van der Waals surface area contributed by atoms with Crippen molar-refractivity contribution >= 4 is 46.4 Å². The van der Waals surface area contributed by atoms with Crippen molar-refractivity contribution in [3.63, 3.8) is 0 Å². The molecule has 4 nitrogen and oxygen atoms in total. The molecule has 0 atom stereocenters. The van der Waals surface area contributed by atoms with Crippen molar-refractivity contribution in [1.29, 1.82) is 0 Å². The van der Waals surface area contributed by atoms with Gasteiger partial charge < -0.3 is 15.4 Å². The maximum absolute atomic E-state index is 12.2. The smallest absolute Gasteiger partial charge is 0.226 e. The van der Waals surface area contributed by atoms with Crippen molar-refractivity contribution in [2.24, 2.45) is 0 Å². The van der Waals surface area contributed by atoms with E-state index in [-0.39, 0.29) is 5.91 Å². The van der Waals surface area contributed by atoms with Crippen molar-refractivity contribution in [2.75, 3.05) is 6.61 Å². The second-order valence-electron chi connectivity index (χ2n) is 8.00. The van der Waals surface area contributed by atoms with E-state index >= 15 is 0 Å². The Bertz CT molecular complexity index is 661. The van der Waals surface area contributed by atoms with Gasteiger partial charge >= 0.3 is 0 Å². The molecule has 0 aliphatic heterocycles. The molecule has 0 radical (unpaired) electrons. The van der Waals surface area contributed by atoms with E-state index in [9.17, 15) is 4.79 Å². The molecule has 1 aromatic rings. The third-order valence-corrected chi connectivity index (χ3v) is 6.14. The normalized spacial score (nSPS) is 16.7. The first-order chi connectivity index (χ1) is 14.5. The average molecular weight is 474 g/mol. The van der Waals surface area contributed by atoms with Crippen LogP contribution in [0, 0.1) is 0 Å². The average Bonchev–Trinajstić information content (AvgIpc) is 2.68. The SMILES string of the molecule is O=C(CCCOc1ccc(Cl)cc1Cl)NC(=S)NC1CCCCCCCCCCC1. The topological polar surface area (TPSA) is 50.4 Å². The van der Waals surface area contributed by atoms with E-state index in [2.05, 4.69) is 10.6 Å². The van der Waals surface area contributed by atoms with Gasteiger partial charge in [0.1, 0.15) is 5.75 Å². The summed E-state index contributed by atoms with van der Waals surface area (Å²) in [5, 5.41) is 7.66. The molecule has 1 aliphatic rings. The first-order valence-electron chi connectivity index (χ1n) is 11.2. The number of hydrogen-bond acceptors (Lipinski definition) is 3. The van der Waals surface area contributed by atoms with Gasteiger partial charge in [-0.25, -0.2) is 0 Å². The summed E-state index contributed by atoms with van der Waals surface area (Å²) in [5.41, 5.74) is 0. The Balaban J connectivity index is 1.64. The molecule has 0 aromatic heterocycles. The summed E-state index contributed by atoms with van der Waals surface area (Å²) in [5.74, 6) is 0.479. The quantitative estimate of drug-likeness (QED) is 0.352. The molecule has 0 unspecified atom stereocenters. The molecule has 7 heteroatoms. The Labute approximate surface area is 196 Å². The lowest BCUT2D eigenvalue weighted by atomic mass is 9.98. The Morgan fingerprint density at radius 2 is 1.60 bits per heavy atom. The van der Waals surface area contributed by atoms with Crippen LogP contribution in [0.15, 0.2) is 18.2 Å². The van der Waals surface area contributed by atoms with Gasteiger partial charge in [-0.3, -0.25) is 4.79 Å². The van der Waals surface area contributed by atoms with E-state index in [4.69, 9.17) is 40.2 Å². The third-order valence-electron chi connectivity index (χ3n) is 5.39. The van der Waals surface area contributed by atoms with Gasteiger partial charge in [-0.1, -0.05) is 81.0 Å². The fourth-order valence-electron chi connectivity index (χ4n) is 3.73. The highest BCUT2D eigenvalue weighted by Crippen LogP contribution is 2.27. The molecule has 1 saturated carbocycles. The molecule has 1 amide bonds. The number of halogens is 2. The first kappa shape index (κ1) is 25.2. The van der Waals surface area contributed by atoms with Crippen LogP contribution in [0.3, 0.4) is 0 Å². The molecule has 0 saturated heterocycles. The molecule has 1 fully saturated rings. The minimum atomic E-state index is -0.0912. The van der Waals surface area contributed by atoms with Gasteiger partial charge in [0, 0.05) is 17.5 Å². The van der Waals surface area contributed by atoms with Crippen molar-refractivity contribution in [2.45, 2.75) is 89.5 Å². The van der Waals surface area contributed by atoms with E-state index in [1.807, 2.05) is 0 Å². The van der Waals surface area contributed by atoms with Gasteiger partial charge in [0.2, 0.25) is 5.91 Å². The molecule has 2 N–H and O–H groups in total. The van der Waals surface area contributed by atoms with Crippen LogP contribution in [0.4, 0.5) is 0 Å². The molecular formula is C23H34Cl2N2O2S. The predicted molar refractivity (Wildman–Crippen MR) is 130 cm³/mol. The number of rotatable bonds is 6. The zero-order valence-corrected chi connectivity index (χ0v) is 20.0. The Hall–Kier alpha value is -1.04. The van der Waals surface area contributed by atoms with Gasteiger partial charge in [0.25, 0.3) is 0 Å². The summed E-state index contributed by atoms with van der Waals surface area (Å²) in [6, 6.07) is 5.44. The van der Waals surface area contributed by atoms with E-state index in [0.717, 1.165) is 12.8 Å². The van der Waals surface area contributed by atoms with Crippen LogP contribution < -0.4 is 15.4 Å². The van der Waals surface area contributed by atoms with E-state index < -0.39 is 0 Å². The summed E-state index contributed by atoms with van der Waals surface area (Å²) < 4.78 is 5.62. The van der Waals surface area contributed by atoms with Gasteiger partial charge in [-0.15, -0.1) is 0 Å². The number of carbonyl (C=O) groups excluding carboxylic acids is 1. The summed E-state index contributed by atoms with van der Waals surface area (Å²) in [6.45, 7) is 0.400. The van der Waals surface area contributed by atoms with E-state index in [0.29, 0.717) is 46.4 Å². The minimum Gasteiger partial charge on any atom is -0.492 e. The lowest BCUT2D eigenvalue weighted by molar-refractivity contribution is -0.119. The summed E-state index contributed by atoms with van der Waals surface area (Å²) in [7, 11) is 0. The van der Waals surface area contributed by atoms with Gasteiger partial charge in [0.15, 0.2) is 5.11 Å². The third kappa shape index (κ3) is 10.8. The molecule has 1 aromatic carbocycles. The van der Waals surface area contributed by atoms with Crippen LogP contribution in [0.25, 0.3) is 0 Å². The molecule has 0 spiro atoms. The fourth-order valence-corrected chi connectivity index (χ4v) is 4.47. The lowest BCUT2D eigenvalue weighted by Gasteiger charge is -2.21. The maximum Gasteiger partial charge on any atom is 0.226 e. The Morgan fingerprint density at radius 3 is 2.20 bits per heavy atom. The molecule has 168 valence electrons. The number of nitrogens with one attached hydrogen (secondary N) is 2. The number of ether oxygens (including phenoxy) is 1. The van der Waals surface area contributed by atoms with Crippen LogP contribution in [0.5, 0.6) is 5.75 Å². The molecular weight excluding hydrogens is 439 g/mol. The van der Waals surface area contributed by atoms with Crippen molar-refractivity contribution in [3.05, 3.63) is 28.2 Å². The number of amides is 1. The number of hydrogen-bond donors (Lipinski definition) is 2. The zero-order chi connectivity index (χ0) is 21.6. The number of benzene rings is 1. The molecule has 30 heavy (non-hydrogen) atoms. The molecule has 1 aliphatic carbocycles. The second kappa shape index (κ2) is 14.9. The van der Waals surface area contributed by atoms with Crippen LogP contribution in [-0.4, -0.2) is 23.7 Å². The largest absolute Gasteiger partial charge is 0.492 e. The lowest BCUT2D eigenvalue weighted by Crippen LogP contribution is -2.44. The molecule has 0 bridgehead atoms. The van der Waals surface area contributed by atoms with Crippen molar-refractivity contribution in [1.82, 2.24) is 10.6 Å². The van der Waals surface area contributed by atoms with E-state index in [1.165, 1.54) is 57.8 Å². The van der Waals surface area contributed by atoms with Crippen LogP contribution in [0.1, 0.15) is 83.5 Å². The maximum atomic E-state index is 12.2. The minimum absolute atomic E-state index is 0.0912. The monoisotopic (exact) mass is 472 g/mol. The van der Waals surface area contributed by atoms with Gasteiger partial charge in [0.05, 0.1) is 11.6 Å². The molecule has 0 heterocycles. The summed E-state index contributed by atoms with van der Waals surface area (Å²) in [4.78, 5) is 12.2. The fraction of sp³-hybridized carbons (Fsp3) is 0.652. The van der Waals surface area contributed by atoms with Crippen LogP contribution >= 0.6 is 35.4 Å². The number of thiocarbonyl (C=S) groups is 1. The summed E-state index contributed by atoms with van der Waals surface area (Å²) in [6.07, 6.45) is 14.9. The Kier molecular flexibility index (Phi) is 12.5. The second-order valence-corrected chi connectivity index (χ2v) is 9.26. The van der Waals surface area contributed by atoms with Crippen molar-refractivity contribution < 1.29 is 9.53 Å². The van der Waals surface area contributed by atoms with Crippen LogP contribution in [0.2, 0.25) is 10.0 Å². The van der Waals surface area contributed by atoms with Crippen molar-refractivity contribution in [3.8, 4) is 5.75 Å². The Morgan fingerprint density at radius 1 is 1.00 bits per heavy atom. The number of carbonyl (C=O) groups is 1.